The minimum absolute atomic E-state index is 0.522. The molecule has 3 heteroatoms. The summed E-state index contributed by atoms with van der Waals surface area (Å²) in [5.74, 6) is 0. The van der Waals surface area contributed by atoms with Gasteiger partial charge in [0.05, 0.1) is 5.02 Å². The Bertz CT molecular complexity index is 237. The molecule has 0 saturated carbocycles. The van der Waals surface area contributed by atoms with Crippen LogP contribution >= 0.6 is 24.2 Å². The minimum atomic E-state index is 0.522. The van der Waals surface area contributed by atoms with E-state index < -0.39 is 0 Å². The van der Waals surface area contributed by atoms with Crippen LogP contribution in [-0.2, 0) is 6.54 Å². The Balaban J connectivity index is 3.04. The van der Waals surface area contributed by atoms with Gasteiger partial charge in [0.2, 0.25) is 0 Å². The Kier molecular flexibility index (Phi) is 2.60. The highest BCUT2D eigenvalue weighted by atomic mass is 35.5. The second-order valence-electron chi connectivity index (χ2n) is 1.99. The van der Waals surface area contributed by atoms with Crippen molar-refractivity contribution >= 4 is 24.2 Å². The first-order valence-corrected chi connectivity index (χ1v) is 3.74. The Morgan fingerprint density at radius 3 is 2.70 bits per heavy atom. The SMILES string of the molecule is NCc1ccc(S)c(Cl)c1. The molecule has 2 N–H and O–H groups in total. The third-order valence-corrected chi connectivity index (χ3v) is 2.08. The molecule has 0 bridgehead atoms. The lowest BCUT2D eigenvalue weighted by atomic mass is 10.2. The van der Waals surface area contributed by atoms with Crippen LogP contribution < -0.4 is 5.73 Å². The fourth-order valence-corrected chi connectivity index (χ4v) is 1.02. The summed E-state index contributed by atoms with van der Waals surface area (Å²) >= 11 is 9.87. The second-order valence-corrected chi connectivity index (χ2v) is 2.88. The van der Waals surface area contributed by atoms with Gasteiger partial charge in [-0.1, -0.05) is 17.7 Å². The lowest BCUT2D eigenvalue weighted by molar-refractivity contribution is 1.07. The van der Waals surface area contributed by atoms with Gasteiger partial charge in [0.25, 0.3) is 0 Å². The van der Waals surface area contributed by atoms with Crippen LogP contribution in [0.1, 0.15) is 5.56 Å². The predicted molar refractivity (Wildman–Crippen MR) is 46.6 cm³/mol. The van der Waals surface area contributed by atoms with Crippen LogP contribution in [0.3, 0.4) is 0 Å². The first kappa shape index (κ1) is 7.92. The molecule has 0 amide bonds. The molecule has 1 rings (SSSR count). The summed E-state index contributed by atoms with van der Waals surface area (Å²) in [4.78, 5) is 0.791. The number of halogens is 1. The lowest BCUT2D eigenvalue weighted by Gasteiger charge is -1.98. The number of nitrogens with two attached hydrogens (primary N) is 1. The molecule has 0 heterocycles. The Morgan fingerprint density at radius 1 is 1.50 bits per heavy atom. The van der Waals surface area contributed by atoms with Crippen molar-refractivity contribution < 1.29 is 0 Å². The van der Waals surface area contributed by atoms with E-state index in [2.05, 4.69) is 12.6 Å². The van der Waals surface area contributed by atoms with E-state index in [9.17, 15) is 0 Å². The van der Waals surface area contributed by atoms with Gasteiger partial charge in [-0.2, -0.15) is 0 Å². The molecule has 0 aliphatic heterocycles. The van der Waals surface area contributed by atoms with Gasteiger partial charge in [-0.3, -0.25) is 0 Å². The standard InChI is InChI=1S/C7H8ClNS/c8-6-3-5(4-9)1-2-7(6)10/h1-3,10H,4,9H2. The van der Waals surface area contributed by atoms with Gasteiger partial charge in [-0.05, 0) is 17.7 Å². The first-order valence-electron chi connectivity index (χ1n) is 2.91. The average molecular weight is 174 g/mol. The number of rotatable bonds is 1. The molecule has 0 radical (unpaired) electrons. The molecule has 0 aliphatic carbocycles. The summed E-state index contributed by atoms with van der Waals surface area (Å²) in [6.07, 6.45) is 0. The van der Waals surface area contributed by atoms with E-state index in [1.807, 2.05) is 18.2 Å². The van der Waals surface area contributed by atoms with E-state index in [1.54, 1.807) is 0 Å². The zero-order valence-corrected chi connectivity index (χ0v) is 6.99. The second kappa shape index (κ2) is 3.28. The molecule has 0 aromatic heterocycles. The molecule has 0 aliphatic rings. The van der Waals surface area contributed by atoms with Crippen molar-refractivity contribution in [1.29, 1.82) is 0 Å². The van der Waals surface area contributed by atoms with Gasteiger partial charge in [0.15, 0.2) is 0 Å². The Labute approximate surface area is 70.6 Å². The minimum Gasteiger partial charge on any atom is -0.326 e. The summed E-state index contributed by atoms with van der Waals surface area (Å²) in [6.45, 7) is 0.522. The van der Waals surface area contributed by atoms with Gasteiger partial charge in [0, 0.05) is 11.4 Å². The van der Waals surface area contributed by atoms with Crippen LogP contribution in [0.2, 0.25) is 5.02 Å². The van der Waals surface area contributed by atoms with Crippen molar-refractivity contribution in [3.05, 3.63) is 28.8 Å². The molecule has 0 saturated heterocycles. The van der Waals surface area contributed by atoms with Gasteiger partial charge in [0.1, 0.15) is 0 Å². The third kappa shape index (κ3) is 1.66. The van der Waals surface area contributed by atoms with Gasteiger partial charge in [-0.25, -0.2) is 0 Å². The maximum absolute atomic E-state index is 5.76. The first-order chi connectivity index (χ1) is 4.74. The third-order valence-electron chi connectivity index (χ3n) is 1.25. The predicted octanol–water partition coefficient (Wildman–Crippen LogP) is 2.09. The van der Waals surface area contributed by atoms with Crippen LogP contribution in [0.15, 0.2) is 23.1 Å². The molecule has 0 fully saturated rings. The van der Waals surface area contributed by atoms with Gasteiger partial charge in [-0.15, -0.1) is 12.6 Å². The zero-order chi connectivity index (χ0) is 7.56. The van der Waals surface area contributed by atoms with Crippen LogP contribution in [0, 0.1) is 0 Å². The van der Waals surface area contributed by atoms with Crippen molar-refractivity contribution in [2.24, 2.45) is 5.73 Å². The van der Waals surface area contributed by atoms with Crippen LogP contribution in [-0.4, -0.2) is 0 Å². The van der Waals surface area contributed by atoms with Crippen LogP contribution in [0.25, 0.3) is 0 Å². The largest absolute Gasteiger partial charge is 0.326 e. The zero-order valence-electron chi connectivity index (χ0n) is 5.34. The number of thiol groups is 1. The molecule has 0 spiro atoms. The quantitative estimate of drug-likeness (QED) is 0.625. The fourth-order valence-electron chi connectivity index (χ4n) is 0.677. The highest BCUT2D eigenvalue weighted by molar-refractivity contribution is 7.80. The van der Waals surface area contributed by atoms with E-state index in [4.69, 9.17) is 17.3 Å². The Hall–Kier alpha value is -0.180. The van der Waals surface area contributed by atoms with E-state index in [0.717, 1.165) is 10.5 Å². The number of hydrogen-bond donors (Lipinski definition) is 2. The molecule has 1 aromatic carbocycles. The topological polar surface area (TPSA) is 26.0 Å². The molecule has 10 heavy (non-hydrogen) atoms. The lowest BCUT2D eigenvalue weighted by Crippen LogP contribution is -1.95. The summed E-state index contributed by atoms with van der Waals surface area (Å²) in [7, 11) is 0. The van der Waals surface area contributed by atoms with E-state index in [0.29, 0.717) is 11.6 Å². The molecular formula is C7H8ClNS. The summed E-state index contributed by atoms with van der Waals surface area (Å²) in [5, 5.41) is 0.659. The normalized spacial score (nSPS) is 9.90. The van der Waals surface area contributed by atoms with E-state index in [-0.39, 0.29) is 0 Å². The van der Waals surface area contributed by atoms with Crippen molar-refractivity contribution in [3.63, 3.8) is 0 Å². The van der Waals surface area contributed by atoms with Crippen molar-refractivity contribution in [2.75, 3.05) is 0 Å². The summed E-state index contributed by atoms with van der Waals surface area (Å²) < 4.78 is 0. The van der Waals surface area contributed by atoms with Crippen LogP contribution in [0.5, 0.6) is 0 Å². The van der Waals surface area contributed by atoms with Crippen LogP contribution in [0.4, 0.5) is 0 Å². The summed E-state index contributed by atoms with van der Waals surface area (Å²) in [5.41, 5.74) is 6.42. The molecule has 1 nitrogen and oxygen atoms in total. The van der Waals surface area contributed by atoms with Crippen molar-refractivity contribution in [3.8, 4) is 0 Å². The molecular weight excluding hydrogens is 166 g/mol. The maximum Gasteiger partial charge on any atom is 0.0542 e. The number of hydrogen-bond acceptors (Lipinski definition) is 2. The van der Waals surface area contributed by atoms with Crippen molar-refractivity contribution in [2.45, 2.75) is 11.4 Å². The number of benzene rings is 1. The van der Waals surface area contributed by atoms with Gasteiger partial charge >= 0.3 is 0 Å². The Morgan fingerprint density at radius 2 is 2.20 bits per heavy atom. The summed E-state index contributed by atoms with van der Waals surface area (Å²) in [6, 6.07) is 5.58. The molecule has 1 aromatic rings. The maximum atomic E-state index is 5.76. The fraction of sp³-hybridized carbons (Fsp3) is 0.143. The van der Waals surface area contributed by atoms with E-state index >= 15 is 0 Å². The molecule has 0 unspecified atom stereocenters. The molecule has 0 atom stereocenters. The van der Waals surface area contributed by atoms with Crippen molar-refractivity contribution in [1.82, 2.24) is 0 Å². The molecule has 54 valence electrons. The average Bonchev–Trinajstić information content (AvgIpc) is 1.95. The smallest absolute Gasteiger partial charge is 0.0542 e. The highest BCUT2D eigenvalue weighted by Crippen LogP contribution is 2.20. The van der Waals surface area contributed by atoms with Gasteiger partial charge < -0.3 is 5.73 Å². The highest BCUT2D eigenvalue weighted by Gasteiger charge is 1.95. The van der Waals surface area contributed by atoms with E-state index in [1.165, 1.54) is 0 Å². The monoisotopic (exact) mass is 173 g/mol.